The Morgan fingerprint density at radius 3 is 2.65 bits per heavy atom. The van der Waals surface area contributed by atoms with Crippen LogP contribution < -0.4 is 15.0 Å². The summed E-state index contributed by atoms with van der Waals surface area (Å²) in [5.74, 6) is 0.366. The Bertz CT molecular complexity index is 927. The first kappa shape index (κ1) is 21.5. The minimum absolute atomic E-state index is 0.0407. The number of rotatable bonds is 5. The van der Waals surface area contributed by atoms with Crippen molar-refractivity contribution in [3.8, 4) is 5.75 Å². The van der Waals surface area contributed by atoms with Crippen molar-refractivity contribution in [1.29, 1.82) is 0 Å². The fraction of sp³-hybridized carbons (Fsp3) is 0.458. The third-order valence-electron chi connectivity index (χ3n) is 6.38. The molecule has 2 aromatic rings. The Labute approximate surface area is 180 Å². The van der Waals surface area contributed by atoms with Gasteiger partial charge in [-0.25, -0.2) is 0 Å². The number of methoxy groups -OCH3 is 1. The van der Waals surface area contributed by atoms with Crippen molar-refractivity contribution in [2.75, 3.05) is 25.1 Å². The van der Waals surface area contributed by atoms with Crippen molar-refractivity contribution in [2.24, 2.45) is 5.92 Å². The van der Waals surface area contributed by atoms with Crippen LogP contribution in [0.4, 0.5) is 18.9 Å². The maximum absolute atomic E-state index is 13.2. The smallest absolute Gasteiger partial charge is 0.416 e. The minimum atomic E-state index is -4.39. The molecule has 1 amide bonds. The van der Waals surface area contributed by atoms with Gasteiger partial charge >= 0.3 is 6.18 Å². The van der Waals surface area contributed by atoms with Gasteiger partial charge in [0.2, 0.25) is 5.91 Å². The third-order valence-corrected chi connectivity index (χ3v) is 6.38. The van der Waals surface area contributed by atoms with Crippen molar-refractivity contribution >= 4 is 11.6 Å². The summed E-state index contributed by atoms with van der Waals surface area (Å²) in [5.41, 5.74) is 1.90. The summed E-state index contributed by atoms with van der Waals surface area (Å²) in [4.78, 5) is 15.2. The van der Waals surface area contributed by atoms with Gasteiger partial charge in [-0.05, 0) is 73.6 Å². The van der Waals surface area contributed by atoms with Crippen LogP contribution >= 0.6 is 0 Å². The highest BCUT2D eigenvalue weighted by Crippen LogP contribution is 2.41. The molecular formula is C24H27F3N2O2. The minimum Gasteiger partial charge on any atom is -0.497 e. The van der Waals surface area contributed by atoms with Gasteiger partial charge in [-0.15, -0.1) is 0 Å². The Morgan fingerprint density at radius 2 is 1.94 bits per heavy atom. The molecule has 1 fully saturated rings. The number of amides is 1. The van der Waals surface area contributed by atoms with Crippen molar-refractivity contribution in [1.82, 2.24) is 5.32 Å². The molecule has 31 heavy (non-hydrogen) atoms. The van der Waals surface area contributed by atoms with E-state index in [0.717, 1.165) is 48.9 Å². The molecule has 2 heterocycles. The van der Waals surface area contributed by atoms with Crippen molar-refractivity contribution in [3.63, 3.8) is 0 Å². The van der Waals surface area contributed by atoms with Gasteiger partial charge in [0.15, 0.2) is 0 Å². The quantitative estimate of drug-likeness (QED) is 0.751. The highest BCUT2D eigenvalue weighted by atomic mass is 19.4. The Hall–Kier alpha value is -2.70. The highest BCUT2D eigenvalue weighted by molar-refractivity contribution is 5.82. The standard InChI is InChI=1S/C24H27F3N2O2/c1-31-19-8-5-16(6-9-19)11-12-28-23(30)20-15-17-14-18(24(25,26)27)7-10-21(17)29-13-3-2-4-22(20)29/h5-10,14,20,22H,2-4,11-13,15H2,1H3,(H,28,30). The van der Waals surface area contributed by atoms with E-state index in [1.807, 2.05) is 24.3 Å². The van der Waals surface area contributed by atoms with Crippen LogP contribution in [-0.4, -0.2) is 32.1 Å². The predicted octanol–water partition coefficient (Wildman–Crippen LogP) is 4.60. The monoisotopic (exact) mass is 432 g/mol. The zero-order valence-corrected chi connectivity index (χ0v) is 17.5. The van der Waals surface area contributed by atoms with Crippen molar-refractivity contribution in [2.45, 2.75) is 44.3 Å². The summed E-state index contributed by atoms with van der Waals surface area (Å²) in [6.45, 7) is 1.27. The van der Waals surface area contributed by atoms with Crippen LogP contribution in [0.2, 0.25) is 0 Å². The van der Waals surface area contributed by atoms with Crippen LogP contribution in [-0.2, 0) is 23.8 Å². The Balaban J connectivity index is 1.47. The third kappa shape index (κ3) is 4.65. The summed E-state index contributed by atoms with van der Waals surface area (Å²) >= 11 is 0. The second kappa shape index (κ2) is 8.81. The average Bonchev–Trinajstić information content (AvgIpc) is 2.78. The van der Waals surface area contributed by atoms with Gasteiger partial charge in [0.05, 0.1) is 18.6 Å². The van der Waals surface area contributed by atoms with E-state index >= 15 is 0 Å². The molecule has 0 radical (unpaired) electrons. The Morgan fingerprint density at radius 1 is 1.16 bits per heavy atom. The molecule has 4 nitrogen and oxygen atoms in total. The number of hydrogen-bond acceptors (Lipinski definition) is 3. The molecule has 0 saturated carbocycles. The van der Waals surface area contributed by atoms with Crippen LogP contribution in [0.5, 0.6) is 5.75 Å². The van der Waals surface area contributed by atoms with E-state index in [-0.39, 0.29) is 17.9 Å². The van der Waals surface area contributed by atoms with E-state index in [0.29, 0.717) is 24.9 Å². The average molecular weight is 432 g/mol. The van der Waals surface area contributed by atoms with Crippen LogP contribution in [0.25, 0.3) is 0 Å². The molecule has 1 saturated heterocycles. The number of ether oxygens (including phenoxy) is 1. The maximum atomic E-state index is 13.2. The number of nitrogens with one attached hydrogen (secondary N) is 1. The van der Waals surface area contributed by atoms with Crippen LogP contribution in [0.15, 0.2) is 42.5 Å². The summed E-state index contributed by atoms with van der Waals surface area (Å²) in [7, 11) is 1.61. The van der Waals surface area contributed by atoms with E-state index in [1.54, 1.807) is 13.2 Å². The lowest BCUT2D eigenvalue weighted by Gasteiger charge is -2.46. The van der Waals surface area contributed by atoms with Gasteiger partial charge in [-0.2, -0.15) is 13.2 Å². The van der Waals surface area contributed by atoms with Crippen LogP contribution in [0.1, 0.15) is 36.0 Å². The van der Waals surface area contributed by atoms with Gasteiger partial charge in [-0.1, -0.05) is 12.1 Å². The molecule has 2 aromatic carbocycles. The maximum Gasteiger partial charge on any atom is 0.416 e. The second-order valence-electron chi connectivity index (χ2n) is 8.30. The zero-order valence-electron chi connectivity index (χ0n) is 17.5. The number of halogens is 3. The number of anilines is 1. The summed E-state index contributed by atoms with van der Waals surface area (Å²) in [6.07, 6.45) is -0.448. The zero-order chi connectivity index (χ0) is 22.0. The van der Waals surface area contributed by atoms with Gasteiger partial charge in [-0.3, -0.25) is 4.79 Å². The molecule has 2 aliphatic rings. The predicted molar refractivity (Wildman–Crippen MR) is 113 cm³/mol. The molecule has 1 N–H and O–H groups in total. The van der Waals surface area contributed by atoms with Crippen molar-refractivity contribution in [3.05, 3.63) is 59.2 Å². The van der Waals surface area contributed by atoms with Gasteiger partial charge in [0, 0.05) is 24.8 Å². The highest BCUT2D eigenvalue weighted by Gasteiger charge is 2.40. The van der Waals surface area contributed by atoms with Crippen LogP contribution in [0, 0.1) is 5.92 Å². The Kier molecular flexibility index (Phi) is 6.12. The van der Waals surface area contributed by atoms with E-state index in [2.05, 4.69) is 10.2 Å². The lowest BCUT2D eigenvalue weighted by atomic mass is 9.80. The second-order valence-corrected chi connectivity index (χ2v) is 8.30. The number of piperidine rings is 1. The normalized spacial score (nSPS) is 20.6. The first-order valence-electron chi connectivity index (χ1n) is 10.7. The number of hydrogen-bond donors (Lipinski definition) is 1. The van der Waals surface area contributed by atoms with Crippen molar-refractivity contribution < 1.29 is 22.7 Å². The number of carbonyl (C=O) groups excluding carboxylic acids is 1. The largest absolute Gasteiger partial charge is 0.497 e. The molecule has 2 unspecified atom stereocenters. The summed E-state index contributed by atoms with van der Waals surface area (Å²) in [5, 5.41) is 3.02. The SMILES string of the molecule is COc1ccc(CCNC(=O)C2Cc3cc(C(F)(F)F)ccc3N3CCCCC23)cc1. The molecule has 0 aromatic heterocycles. The van der Waals surface area contributed by atoms with E-state index in [9.17, 15) is 18.0 Å². The number of alkyl halides is 3. The summed E-state index contributed by atoms with van der Waals surface area (Å²) in [6, 6.07) is 11.7. The fourth-order valence-electron chi connectivity index (χ4n) is 4.77. The molecule has 2 atom stereocenters. The molecule has 0 spiro atoms. The topological polar surface area (TPSA) is 41.6 Å². The van der Waals surface area contributed by atoms with E-state index in [1.165, 1.54) is 6.07 Å². The van der Waals surface area contributed by atoms with E-state index in [4.69, 9.17) is 4.74 Å². The first-order valence-corrected chi connectivity index (χ1v) is 10.7. The molecule has 2 aliphatic heterocycles. The number of fused-ring (bicyclic) bond motifs is 3. The molecule has 0 bridgehead atoms. The molecule has 166 valence electrons. The molecular weight excluding hydrogens is 405 g/mol. The summed E-state index contributed by atoms with van der Waals surface area (Å²) < 4.78 is 44.8. The lowest BCUT2D eigenvalue weighted by molar-refractivity contribution is -0.137. The van der Waals surface area contributed by atoms with Gasteiger partial charge < -0.3 is 15.0 Å². The molecule has 4 rings (SSSR count). The number of carbonyl (C=O) groups is 1. The fourth-order valence-corrected chi connectivity index (χ4v) is 4.77. The number of benzene rings is 2. The molecule has 7 heteroatoms. The van der Waals surface area contributed by atoms with Gasteiger partial charge in [0.1, 0.15) is 5.75 Å². The van der Waals surface area contributed by atoms with E-state index < -0.39 is 11.7 Å². The lowest BCUT2D eigenvalue weighted by Crippen LogP contribution is -2.53. The number of nitrogens with zero attached hydrogens (tertiary/aromatic N) is 1. The first-order chi connectivity index (χ1) is 14.9. The van der Waals surface area contributed by atoms with Crippen LogP contribution in [0.3, 0.4) is 0 Å². The van der Waals surface area contributed by atoms with Gasteiger partial charge in [0.25, 0.3) is 0 Å². The molecule has 0 aliphatic carbocycles.